The predicted octanol–water partition coefficient (Wildman–Crippen LogP) is 2.22. The number of hydrogen-bond donors (Lipinski definition) is 2. The predicted molar refractivity (Wildman–Crippen MR) is 95.5 cm³/mol. The number of carbonyl (C=O) groups excluding carboxylic acids is 2. The van der Waals surface area contributed by atoms with Gasteiger partial charge in [0.25, 0.3) is 0 Å². The molecule has 1 aliphatic carbocycles. The van der Waals surface area contributed by atoms with Gasteiger partial charge >= 0.3 is 0 Å². The molecule has 3 rings (SSSR count). The number of carbonyl (C=O) groups is 2. The number of aliphatic hydroxyl groups is 1. The first kappa shape index (κ1) is 17.9. The topological polar surface area (TPSA) is 69.6 Å². The average molecular weight is 344 g/mol. The van der Waals surface area contributed by atoms with Crippen molar-refractivity contribution in [3.8, 4) is 0 Å². The van der Waals surface area contributed by atoms with Crippen molar-refractivity contribution in [2.75, 3.05) is 6.54 Å². The van der Waals surface area contributed by atoms with Crippen LogP contribution in [0.3, 0.4) is 0 Å². The summed E-state index contributed by atoms with van der Waals surface area (Å²) in [5, 5.41) is 12.3. The fraction of sp³-hybridized carbons (Fsp3) is 0.600. The molecule has 5 heteroatoms. The van der Waals surface area contributed by atoms with Gasteiger partial charge in [0.1, 0.15) is 0 Å². The standard InChI is InChI=1S/C20H28N2O3/c1-14-6-8-18(9-7-14)22-12-17(10-19(22)24)20(25)21-11-15-4-2-3-5-16(15)13-23/h2-5,14,17-18,23H,6-13H2,1H3,(H,21,25). The monoisotopic (exact) mass is 344 g/mol. The Hall–Kier alpha value is -1.88. The van der Waals surface area contributed by atoms with Crippen molar-refractivity contribution in [3.05, 3.63) is 35.4 Å². The quantitative estimate of drug-likeness (QED) is 0.860. The van der Waals surface area contributed by atoms with Gasteiger partial charge in [0, 0.05) is 25.6 Å². The molecule has 1 heterocycles. The molecule has 0 radical (unpaired) electrons. The van der Waals surface area contributed by atoms with E-state index < -0.39 is 0 Å². The Kier molecular flexibility index (Phi) is 5.74. The summed E-state index contributed by atoms with van der Waals surface area (Å²) in [7, 11) is 0. The lowest BCUT2D eigenvalue weighted by molar-refractivity contribution is -0.131. The summed E-state index contributed by atoms with van der Waals surface area (Å²) in [5.41, 5.74) is 1.74. The Balaban J connectivity index is 1.54. The van der Waals surface area contributed by atoms with Gasteiger partial charge in [0.15, 0.2) is 0 Å². The Morgan fingerprint density at radius 1 is 1.20 bits per heavy atom. The third-order valence-corrected chi connectivity index (χ3v) is 5.70. The van der Waals surface area contributed by atoms with Crippen molar-refractivity contribution in [2.45, 2.75) is 58.2 Å². The summed E-state index contributed by atoms with van der Waals surface area (Å²) in [4.78, 5) is 26.8. The minimum Gasteiger partial charge on any atom is -0.392 e. The van der Waals surface area contributed by atoms with E-state index in [0.717, 1.165) is 29.9 Å². The van der Waals surface area contributed by atoms with Gasteiger partial charge in [-0.25, -0.2) is 0 Å². The molecule has 2 N–H and O–H groups in total. The van der Waals surface area contributed by atoms with Crippen LogP contribution in [0.5, 0.6) is 0 Å². The van der Waals surface area contributed by atoms with Crippen LogP contribution in [-0.4, -0.2) is 34.4 Å². The van der Waals surface area contributed by atoms with Gasteiger partial charge in [0.05, 0.1) is 12.5 Å². The zero-order chi connectivity index (χ0) is 17.8. The Morgan fingerprint density at radius 2 is 1.88 bits per heavy atom. The minimum atomic E-state index is -0.256. The second kappa shape index (κ2) is 8.00. The highest BCUT2D eigenvalue weighted by atomic mass is 16.3. The van der Waals surface area contributed by atoms with Crippen LogP contribution in [0.1, 0.15) is 50.2 Å². The third kappa shape index (κ3) is 4.21. The Labute approximate surface area is 149 Å². The molecule has 2 fully saturated rings. The van der Waals surface area contributed by atoms with Crippen molar-refractivity contribution in [1.29, 1.82) is 0 Å². The number of benzene rings is 1. The second-order valence-corrected chi connectivity index (χ2v) is 7.51. The minimum absolute atomic E-state index is 0.0398. The van der Waals surface area contributed by atoms with Gasteiger partial charge in [-0.05, 0) is 42.7 Å². The normalized spacial score (nSPS) is 26.7. The van der Waals surface area contributed by atoms with Gasteiger partial charge < -0.3 is 15.3 Å². The van der Waals surface area contributed by atoms with E-state index in [1.807, 2.05) is 29.2 Å². The van der Waals surface area contributed by atoms with Crippen LogP contribution in [0, 0.1) is 11.8 Å². The molecule has 25 heavy (non-hydrogen) atoms. The number of rotatable bonds is 5. The van der Waals surface area contributed by atoms with Gasteiger partial charge in [0.2, 0.25) is 11.8 Å². The lowest BCUT2D eigenvalue weighted by Gasteiger charge is -2.33. The molecule has 1 aromatic carbocycles. The van der Waals surface area contributed by atoms with Gasteiger partial charge in [-0.3, -0.25) is 9.59 Å². The van der Waals surface area contributed by atoms with E-state index in [-0.39, 0.29) is 24.3 Å². The van der Waals surface area contributed by atoms with E-state index in [2.05, 4.69) is 12.2 Å². The molecule has 136 valence electrons. The van der Waals surface area contributed by atoms with Crippen molar-refractivity contribution >= 4 is 11.8 Å². The Bertz CT molecular complexity index is 623. The maximum Gasteiger partial charge on any atom is 0.225 e. The van der Waals surface area contributed by atoms with E-state index in [4.69, 9.17) is 0 Å². The molecule has 0 bridgehead atoms. The molecule has 1 atom stereocenters. The van der Waals surface area contributed by atoms with Gasteiger partial charge in [-0.2, -0.15) is 0 Å². The number of nitrogens with one attached hydrogen (secondary N) is 1. The van der Waals surface area contributed by atoms with Crippen LogP contribution in [0.15, 0.2) is 24.3 Å². The van der Waals surface area contributed by atoms with Gasteiger partial charge in [-0.1, -0.05) is 31.2 Å². The number of hydrogen-bond acceptors (Lipinski definition) is 3. The van der Waals surface area contributed by atoms with Crippen molar-refractivity contribution < 1.29 is 14.7 Å². The summed E-state index contributed by atoms with van der Waals surface area (Å²) < 4.78 is 0. The molecular weight excluding hydrogens is 316 g/mol. The lowest BCUT2D eigenvalue weighted by atomic mass is 9.87. The summed E-state index contributed by atoms with van der Waals surface area (Å²) in [6.07, 6.45) is 4.78. The first-order valence-corrected chi connectivity index (χ1v) is 9.33. The number of aliphatic hydroxyl groups excluding tert-OH is 1. The first-order chi connectivity index (χ1) is 12.1. The maximum absolute atomic E-state index is 12.5. The van der Waals surface area contributed by atoms with E-state index in [1.165, 1.54) is 12.8 Å². The molecule has 1 aliphatic heterocycles. The smallest absolute Gasteiger partial charge is 0.225 e. The number of nitrogens with zero attached hydrogens (tertiary/aromatic N) is 1. The number of amides is 2. The molecular formula is C20H28N2O3. The van der Waals surface area contributed by atoms with Gasteiger partial charge in [-0.15, -0.1) is 0 Å². The lowest BCUT2D eigenvalue weighted by Crippen LogP contribution is -2.40. The van der Waals surface area contributed by atoms with E-state index >= 15 is 0 Å². The molecule has 0 aromatic heterocycles. The summed E-state index contributed by atoms with van der Waals surface area (Å²) >= 11 is 0. The third-order valence-electron chi connectivity index (χ3n) is 5.70. The van der Waals surface area contributed by atoms with Crippen LogP contribution in [0.4, 0.5) is 0 Å². The van der Waals surface area contributed by atoms with Crippen molar-refractivity contribution in [3.63, 3.8) is 0 Å². The second-order valence-electron chi connectivity index (χ2n) is 7.51. The highest BCUT2D eigenvalue weighted by Gasteiger charge is 2.38. The molecule has 5 nitrogen and oxygen atoms in total. The van der Waals surface area contributed by atoms with E-state index in [9.17, 15) is 14.7 Å². The molecule has 0 spiro atoms. The molecule has 2 amide bonds. The molecule has 1 aromatic rings. The van der Waals surface area contributed by atoms with Crippen LogP contribution in [0.2, 0.25) is 0 Å². The molecule has 2 aliphatic rings. The Morgan fingerprint density at radius 3 is 2.56 bits per heavy atom. The van der Waals surface area contributed by atoms with Crippen LogP contribution in [0.25, 0.3) is 0 Å². The fourth-order valence-corrected chi connectivity index (χ4v) is 4.03. The first-order valence-electron chi connectivity index (χ1n) is 9.33. The molecule has 1 unspecified atom stereocenters. The zero-order valence-corrected chi connectivity index (χ0v) is 14.9. The van der Waals surface area contributed by atoms with Crippen LogP contribution >= 0.6 is 0 Å². The SMILES string of the molecule is CC1CCC(N2CC(C(=O)NCc3ccccc3CO)CC2=O)CC1. The highest BCUT2D eigenvalue weighted by molar-refractivity contribution is 5.89. The van der Waals surface area contributed by atoms with E-state index in [0.29, 0.717) is 25.6 Å². The van der Waals surface area contributed by atoms with Crippen molar-refractivity contribution in [2.24, 2.45) is 11.8 Å². The summed E-state index contributed by atoms with van der Waals surface area (Å²) in [6, 6.07) is 7.84. The summed E-state index contributed by atoms with van der Waals surface area (Å²) in [5.74, 6) is 0.552. The average Bonchev–Trinajstić information content (AvgIpc) is 3.02. The van der Waals surface area contributed by atoms with Crippen LogP contribution in [-0.2, 0) is 22.7 Å². The molecule has 1 saturated carbocycles. The fourth-order valence-electron chi connectivity index (χ4n) is 4.03. The molecule has 1 saturated heterocycles. The van der Waals surface area contributed by atoms with E-state index in [1.54, 1.807) is 0 Å². The van der Waals surface area contributed by atoms with Crippen LogP contribution < -0.4 is 5.32 Å². The summed E-state index contributed by atoms with van der Waals surface area (Å²) in [6.45, 7) is 3.16. The van der Waals surface area contributed by atoms with Crippen molar-refractivity contribution in [1.82, 2.24) is 10.2 Å². The zero-order valence-electron chi connectivity index (χ0n) is 14.9. The highest BCUT2D eigenvalue weighted by Crippen LogP contribution is 2.31. The number of likely N-dealkylation sites (tertiary alicyclic amines) is 1. The maximum atomic E-state index is 12.5. The largest absolute Gasteiger partial charge is 0.392 e.